The summed E-state index contributed by atoms with van der Waals surface area (Å²) in [6.45, 7) is 0.00000649. The summed E-state index contributed by atoms with van der Waals surface area (Å²) in [4.78, 5) is 4.19. The zero-order valence-corrected chi connectivity index (χ0v) is 20.3. The Labute approximate surface area is 211 Å². The van der Waals surface area contributed by atoms with Crippen LogP contribution in [0.5, 0.6) is 0 Å². The van der Waals surface area contributed by atoms with Gasteiger partial charge in [-0.25, -0.2) is 8.42 Å². The monoisotopic (exact) mass is 532 g/mol. The van der Waals surface area contributed by atoms with Crippen LogP contribution >= 0.6 is 11.6 Å². The fourth-order valence-electron chi connectivity index (χ4n) is 3.38. The maximum absolute atomic E-state index is 13.4. The van der Waals surface area contributed by atoms with Gasteiger partial charge in [-0.1, -0.05) is 48.0 Å². The Balaban J connectivity index is 1.57. The molecule has 3 aromatic carbocycles. The van der Waals surface area contributed by atoms with Crippen molar-refractivity contribution in [3.05, 3.63) is 119 Å². The molecule has 0 saturated carbocycles. The number of hydrogen-bond donors (Lipinski definition) is 0. The second-order valence-corrected chi connectivity index (χ2v) is 10.2. The number of halogens is 4. The summed E-state index contributed by atoms with van der Waals surface area (Å²) in [5.41, 5.74) is 0.0387. The summed E-state index contributed by atoms with van der Waals surface area (Å²) in [6.07, 6.45) is -3.19. The van der Waals surface area contributed by atoms with Crippen molar-refractivity contribution in [3.63, 3.8) is 0 Å². The Morgan fingerprint density at radius 2 is 1.61 bits per heavy atom. The summed E-state index contributed by atoms with van der Waals surface area (Å²) in [7, 11) is -3.87. The normalized spacial score (nSPS) is 12.5. The van der Waals surface area contributed by atoms with Gasteiger partial charge in [0.2, 0.25) is 10.0 Å². The summed E-state index contributed by atoms with van der Waals surface area (Å²) >= 11 is 5.96. The Bertz CT molecular complexity index is 1450. The number of aliphatic imine (C=N–C) groups is 1. The molecule has 1 aromatic heterocycles. The molecule has 186 valence electrons. The summed E-state index contributed by atoms with van der Waals surface area (Å²) in [6, 6.07) is 22.7. The highest BCUT2D eigenvalue weighted by Crippen LogP contribution is 2.31. The van der Waals surface area contributed by atoms with Crippen molar-refractivity contribution >= 4 is 33.5 Å². The molecule has 0 aliphatic carbocycles. The van der Waals surface area contributed by atoms with E-state index in [2.05, 4.69) is 4.99 Å². The lowest BCUT2D eigenvalue weighted by molar-refractivity contribution is -0.137. The highest BCUT2D eigenvalue weighted by atomic mass is 35.5. The van der Waals surface area contributed by atoms with Gasteiger partial charge in [-0.15, -0.1) is 0 Å². The van der Waals surface area contributed by atoms with Crippen LogP contribution in [-0.4, -0.2) is 18.9 Å². The number of furan rings is 1. The molecule has 0 saturated heterocycles. The molecule has 0 aliphatic rings. The topological polar surface area (TPSA) is 62.9 Å². The van der Waals surface area contributed by atoms with Crippen LogP contribution in [0.25, 0.3) is 0 Å². The lowest BCUT2D eigenvalue weighted by Crippen LogP contribution is -2.30. The molecule has 4 aromatic rings. The molecular formula is C26H20ClF3N2O3S. The average molecular weight is 533 g/mol. The van der Waals surface area contributed by atoms with Crippen LogP contribution in [0, 0.1) is 0 Å². The Morgan fingerprint density at radius 1 is 0.889 bits per heavy atom. The fraction of sp³-hybridized carbons (Fsp3) is 0.115. The second kappa shape index (κ2) is 10.7. The van der Waals surface area contributed by atoms with Gasteiger partial charge in [0.25, 0.3) is 0 Å². The molecule has 0 radical (unpaired) electrons. The van der Waals surface area contributed by atoms with Crippen molar-refractivity contribution in [3.8, 4) is 0 Å². The molecule has 36 heavy (non-hydrogen) atoms. The summed E-state index contributed by atoms with van der Waals surface area (Å²) in [5.74, 6) is 0.611. The van der Waals surface area contributed by atoms with Crippen LogP contribution in [0.1, 0.15) is 22.6 Å². The first-order valence-corrected chi connectivity index (χ1v) is 12.5. The second-order valence-electron chi connectivity index (χ2n) is 7.82. The average Bonchev–Trinajstić information content (AvgIpc) is 3.31. The lowest BCUT2D eigenvalue weighted by Gasteiger charge is -2.21. The molecule has 0 bridgehead atoms. The van der Waals surface area contributed by atoms with Crippen molar-refractivity contribution in [2.24, 2.45) is 4.99 Å². The Morgan fingerprint density at radius 3 is 2.31 bits per heavy atom. The third kappa shape index (κ3) is 6.42. The van der Waals surface area contributed by atoms with Crippen LogP contribution in [0.3, 0.4) is 0 Å². The van der Waals surface area contributed by atoms with Gasteiger partial charge in [0, 0.05) is 11.6 Å². The van der Waals surface area contributed by atoms with E-state index < -0.39 is 21.8 Å². The van der Waals surface area contributed by atoms with E-state index in [0.717, 1.165) is 17.7 Å². The van der Waals surface area contributed by atoms with Crippen LogP contribution in [0.15, 0.2) is 105 Å². The number of sulfonamides is 1. The van der Waals surface area contributed by atoms with Crippen LogP contribution in [-0.2, 0) is 29.3 Å². The quantitative estimate of drug-likeness (QED) is 0.227. The predicted molar refractivity (Wildman–Crippen MR) is 132 cm³/mol. The van der Waals surface area contributed by atoms with Gasteiger partial charge in [0.1, 0.15) is 11.5 Å². The van der Waals surface area contributed by atoms with Gasteiger partial charge < -0.3 is 4.42 Å². The van der Waals surface area contributed by atoms with E-state index in [4.69, 9.17) is 16.0 Å². The lowest BCUT2D eigenvalue weighted by atomic mass is 10.2. The number of benzene rings is 3. The fourth-order valence-corrected chi connectivity index (χ4v) is 4.93. The van der Waals surface area contributed by atoms with E-state index in [0.29, 0.717) is 10.8 Å². The van der Waals surface area contributed by atoms with Crippen molar-refractivity contribution in [1.29, 1.82) is 0 Å². The van der Waals surface area contributed by atoms with E-state index >= 15 is 0 Å². The van der Waals surface area contributed by atoms with Gasteiger partial charge in [0.15, 0.2) is 0 Å². The first-order chi connectivity index (χ1) is 17.1. The van der Waals surface area contributed by atoms with Gasteiger partial charge in [-0.2, -0.15) is 17.5 Å². The van der Waals surface area contributed by atoms with Gasteiger partial charge in [0.05, 0.1) is 28.9 Å². The third-order valence-corrected chi connectivity index (χ3v) is 7.24. The van der Waals surface area contributed by atoms with E-state index in [1.807, 2.05) is 0 Å². The predicted octanol–water partition coefficient (Wildman–Crippen LogP) is 7.09. The highest BCUT2D eigenvalue weighted by Gasteiger charge is 2.30. The largest absolute Gasteiger partial charge is 0.459 e. The molecule has 0 amide bonds. The minimum absolute atomic E-state index is 0.0722. The molecule has 0 atom stereocenters. The van der Waals surface area contributed by atoms with E-state index in [-0.39, 0.29) is 29.4 Å². The molecule has 10 heteroatoms. The van der Waals surface area contributed by atoms with Gasteiger partial charge in [-0.3, -0.25) is 4.99 Å². The first kappa shape index (κ1) is 25.7. The van der Waals surface area contributed by atoms with Gasteiger partial charge >= 0.3 is 6.18 Å². The van der Waals surface area contributed by atoms with E-state index in [1.54, 1.807) is 54.6 Å². The Kier molecular flexibility index (Phi) is 7.63. The maximum atomic E-state index is 13.4. The molecule has 0 fully saturated rings. The molecule has 5 nitrogen and oxygen atoms in total. The number of rotatable bonds is 8. The smallest absolute Gasteiger partial charge is 0.416 e. The molecule has 0 spiro atoms. The number of nitrogens with zero attached hydrogens (tertiary/aromatic N) is 2. The number of alkyl halides is 3. The Hall–Kier alpha value is -3.40. The van der Waals surface area contributed by atoms with Crippen molar-refractivity contribution in [2.75, 3.05) is 0 Å². The molecule has 0 aliphatic heterocycles. The molecule has 4 rings (SSSR count). The van der Waals surface area contributed by atoms with Gasteiger partial charge in [-0.05, 0) is 60.2 Å². The van der Waals surface area contributed by atoms with Crippen LogP contribution in [0.4, 0.5) is 18.9 Å². The number of hydrogen-bond acceptors (Lipinski definition) is 4. The molecular weight excluding hydrogens is 513 g/mol. The first-order valence-electron chi connectivity index (χ1n) is 10.7. The zero-order valence-electron chi connectivity index (χ0n) is 18.7. The SMILES string of the molecule is O=S(=O)(c1ccccc1)N(Cc1ccc(Cl)cc1)Cc1ccc(C=Nc2cccc(C(F)(F)F)c2)o1. The van der Waals surface area contributed by atoms with Crippen molar-refractivity contribution in [1.82, 2.24) is 4.31 Å². The maximum Gasteiger partial charge on any atom is 0.416 e. The zero-order chi connectivity index (χ0) is 25.8. The third-order valence-electron chi connectivity index (χ3n) is 5.18. The van der Waals surface area contributed by atoms with E-state index in [1.165, 1.54) is 34.8 Å². The summed E-state index contributed by atoms with van der Waals surface area (Å²) < 4.78 is 72.5. The minimum atomic E-state index is -4.47. The minimum Gasteiger partial charge on any atom is -0.459 e. The molecule has 0 unspecified atom stereocenters. The molecule has 0 N–H and O–H groups in total. The van der Waals surface area contributed by atoms with Crippen LogP contribution < -0.4 is 0 Å². The van der Waals surface area contributed by atoms with Crippen LogP contribution in [0.2, 0.25) is 5.02 Å². The van der Waals surface area contributed by atoms with Crippen molar-refractivity contribution in [2.45, 2.75) is 24.2 Å². The van der Waals surface area contributed by atoms with Crippen molar-refractivity contribution < 1.29 is 26.0 Å². The molecule has 1 heterocycles. The standard InChI is InChI=1S/C26H20ClF3N2O3S/c27-21-11-9-19(10-12-21)17-32(36(33,34)25-7-2-1-3-8-25)18-24-14-13-23(35-24)16-31-22-6-4-5-20(15-22)26(28,29)30/h1-16H,17-18H2. The highest BCUT2D eigenvalue weighted by molar-refractivity contribution is 7.89. The van der Waals surface area contributed by atoms with E-state index in [9.17, 15) is 21.6 Å². The summed E-state index contributed by atoms with van der Waals surface area (Å²) in [5, 5.41) is 0.534.